The summed E-state index contributed by atoms with van der Waals surface area (Å²) in [5, 5.41) is 9.16. The lowest BCUT2D eigenvalue weighted by Crippen LogP contribution is -2.30. The van der Waals surface area contributed by atoms with Gasteiger partial charge in [-0.05, 0) is 36.6 Å². The van der Waals surface area contributed by atoms with Crippen LogP contribution in [0.3, 0.4) is 0 Å². The number of rotatable bonds is 3. The predicted molar refractivity (Wildman–Crippen MR) is 79.3 cm³/mol. The highest BCUT2D eigenvalue weighted by molar-refractivity contribution is 7.89. The Morgan fingerprint density at radius 1 is 1.32 bits per heavy atom. The molecule has 2 aliphatic rings. The van der Waals surface area contributed by atoms with E-state index >= 15 is 0 Å². The molecule has 0 radical (unpaired) electrons. The Balaban J connectivity index is 1.89. The van der Waals surface area contributed by atoms with Gasteiger partial charge in [-0.3, -0.25) is 4.79 Å². The molecule has 6 nitrogen and oxygen atoms in total. The number of fused-ring (bicyclic) bond motifs is 1. The molecule has 120 valence electrons. The van der Waals surface area contributed by atoms with Gasteiger partial charge >= 0.3 is 5.97 Å². The Morgan fingerprint density at radius 3 is 2.68 bits per heavy atom. The van der Waals surface area contributed by atoms with Crippen LogP contribution in [0.1, 0.15) is 19.4 Å². The van der Waals surface area contributed by atoms with E-state index in [-0.39, 0.29) is 30.0 Å². The van der Waals surface area contributed by atoms with Gasteiger partial charge in [-0.2, -0.15) is 4.31 Å². The van der Waals surface area contributed by atoms with E-state index in [4.69, 9.17) is 9.84 Å². The van der Waals surface area contributed by atoms with Gasteiger partial charge in [0, 0.05) is 19.5 Å². The molecule has 3 atom stereocenters. The van der Waals surface area contributed by atoms with Gasteiger partial charge < -0.3 is 9.84 Å². The normalized spacial score (nSPS) is 28.4. The van der Waals surface area contributed by atoms with Crippen LogP contribution in [0.2, 0.25) is 0 Å². The van der Waals surface area contributed by atoms with Gasteiger partial charge in [-0.15, -0.1) is 0 Å². The first-order valence-corrected chi connectivity index (χ1v) is 8.75. The molecule has 1 aromatic rings. The van der Waals surface area contributed by atoms with E-state index in [1.165, 1.54) is 10.4 Å². The number of ether oxygens (including phenoxy) is 1. The summed E-state index contributed by atoms with van der Waals surface area (Å²) in [6.45, 7) is 3.98. The lowest BCUT2D eigenvalue weighted by molar-refractivity contribution is -0.142. The number of nitrogens with zero attached hydrogens (tertiary/aromatic N) is 1. The highest BCUT2D eigenvalue weighted by Crippen LogP contribution is 2.33. The molecule has 1 unspecified atom stereocenters. The molecule has 0 aliphatic carbocycles. The number of hydrogen-bond acceptors (Lipinski definition) is 4. The summed E-state index contributed by atoms with van der Waals surface area (Å²) in [6.07, 6.45) is 0.739. The molecule has 2 heterocycles. The third-order valence-corrected chi connectivity index (χ3v) is 6.23. The third kappa shape index (κ3) is 2.48. The molecule has 3 rings (SSSR count). The van der Waals surface area contributed by atoms with Gasteiger partial charge in [0.2, 0.25) is 10.0 Å². The highest BCUT2D eigenvalue weighted by Gasteiger charge is 2.41. The quantitative estimate of drug-likeness (QED) is 0.907. The van der Waals surface area contributed by atoms with E-state index in [0.717, 1.165) is 11.3 Å². The van der Waals surface area contributed by atoms with Crippen molar-refractivity contribution in [1.82, 2.24) is 4.31 Å². The Labute approximate surface area is 129 Å². The number of carbonyl (C=O) groups is 1. The van der Waals surface area contributed by atoms with E-state index < -0.39 is 21.9 Å². The topological polar surface area (TPSA) is 83.9 Å². The predicted octanol–water partition coefficient (Wildman–Crippen LogP) is 1.35. The van der Waals surface area contributed by atoms with Crippen molar-refractivity contribution in [3.63, 3.8) is 0 Å². The van der Waals surface area contributed by atoms with Crippen molar-refractivity contribution < 1.29 is 23.1 Å². The Morgan fingerprint density at radius 2 is 2.05 bits per heavy atom. The van der Waals surface area contributed by atoms with Gasteiger partial charge in [0.1, 0.15) is 11.9 Å². The zero-order valence-corrected chi connectivity index (χ0v) is 13.3. The van der Waals surface area contributed by atoms with Crippen LogP contribution in [0.25, 0.3) is 0 Å². The monoisotopic (exact) mass is 325 g/mol. The number of sulfonamides is 1. The van der Waals surface area contributed by atoms with Gasteiger partial charge in [0.15, 0.2) is 0 Å². The summed E-state index contributed by atoms with van der Waals surface area (Å²) in [5.41, 5.74) is 0.885. The zero-order valence-electron chi connectivity index (χ0n) is 12.5. The molecule has 2 aliphatic heterocycles. The minimum absolute atomic E-state index is 0.0306. The molecule has 0 spiro atoms. The molecule has 0 aromatic heterocycles. The van der Waals surface area contributed by atoms with Gasteiger partial charge in [0.25, 0.3) is 0 Å². The van der Waals surface area contributed by atoms with Crippen LogP contribution in [0.5, 0.6) is 5.75 Å². The molecule has 0 bridgehead atoms. The van der Waals surface area contributed by atoms with Crippen molar-refractivity contribution in [2.75, 3.05) is 13.1 Å². The van der Waals surface area contributed by atoms with Crippen molar-refractivity contribution in [2.24, 2.45) is 11.8 Å². The molecular formula is C15H19NO5S. The van der Waals surface area contributed by atoms with Crippen molar-refractivity contribution in [1.29, 1.82) is 0 Å². The third-order valence-electron chi connectivity index (χ3n) is 4.40. The van der Waals surface area contributed by atoms with E-state index in [2.05, 4.69) is 0 Å². The minimum atomic E-state index is -3.66. The minimum Gasteiger partial charge on any atom is -0.490 e. The van der Waals surface area contributed by atoms with Crippen LogP contribution in [0.15, 0.2) is 23.1 Å². The molecule has 1 aromatic carbocycles. The number of benzene rings is 1. The van der Waals surface area contributed by atoms with Crippen LogP contribution in [0, 0.1) is 11.8 Å². The second kappa shape index (κ2) is 5.24. The maximum absolute atomic E-state index is 12.7. The van der Waals surface area contributed by atoms with E-state index in [1.54, 1.807) is 19.1 Å². The maximum Gasteiger partial charge on any atom is 0.308 e. The fourth-order valence-corrected chi connectivity index (χ4v) is 4.77. The van der Waals surface area contributed by atoms with Crippen LogP contribution < -0.4 is 4.74 Å². The fourth-order valence-electron chi connectivity index (χ4n) is 3.15. The summed E-state index contributed by atoms with van der Waals surface area (Å²) in [6, 6.07) is 4.86. The van der Waals surface area contributed by atoms with Crippen LogP contribution in [-0.4, -0.2) is 43.0 Å². The Kier molecular flexibility index (Phi) is 3.65. The molecule has 7 heteroatoms. The lowest BCUT2D eigenvalue weighted by atomic mass is 9.99. The smallest absolute Gasteiger partial charge is 0.308 e. The van der Waals surface area contributed by atoms with Crippen LogP contribution >= 0.6 is 0 Å². The fraction of sp³-hybridized carbons (Fsp3) is 0.533. The molecule has 22 heavy (non-hydrogen) atoms. The first-order valence-electron chi connectivity index (χ1n) is 7.31. The number of aliphatic carboxylic acids is 1. The average molecular weight is 325 g/mol. The second-order valence-corrected chi connectivity index (χ2v) is 8.08. The van der Waals surface area contributed by atoms with Gasteiger partial charge in [0.05, 0.1) is 10.8 Å². The number of hydrogen-bond donors (Lipinski definition) is 1. The van der Waals surface area contributed by atoms with Gasteiger partial charge in [-0.25, -0.2) is 8.42 Å². The first-order chi connectivity index (χ1) is 10.3. The molecular weight excluding hydrogens is 306 g/mol. The Bertz CT molecular complexity index is 715. The SMILES string of the molecule is CC1Cc2cc(S(=O)(=O)N3C[C@@H](C)[C@H](C(=O)O)C3)ccc2O1. The maximum atomic E-state index is 12.7. The lowest BCUT2D eigenvalue weighted by Gasteiger charge is -2.16. The number of carboxylic acid groups (broad SMARTS) is 1. The molecule has 1 saturated heterocycles. The summed E-state index contributed by atoms with van der Waals surface area (Å²) in [5.74, 6) is -1.05. The molecule has 0 saturated carbocycles. The largest absolute Gasteiger partial charge is 0.490 e. The second-order valence-electron chi connectivity index (χ2n) is 6.15. The summed E-state index contributed by atoms with van der Waals surface area (Å²) >= 11 is 0. The highest BCUT2D eigenvalue weighted by atomic mass is 32.2. The summed E-state index contributed by atoms with van der Waals surface area (Å²) in [4.78, 5) is 11.4. The Hall–Kier alpha value is -1.60. The summed E-state index contributed by atoms with van der Waals surface area (Å²) < 4.78 is 32.3. The van der Waals surface area contributed by atoms with Crippen molar-refractivity contribution in [3.8, 4) is 5.75 Å². The van der Waals surface area contributed by atoms with Crippen molar-refractivity contribution >= 4 is 16.0 Å². The van der Waals surface area contributed by atoms with Gasteiger partial charge in [-0.1, -0.05) is 6.92 Å². The molecule has 1 N–H and O–H groups in total. The van der Waals surface area contributed by atoms with E-state index in [1.807, 2.05) is 6.92 Å². The molecule has 0 amide bonds. The number of carboxylic acids is 1. The first kappa shape index (κ1) is 15.3. The van der Waals surface area contributed by atoms with Crippen LogP contribution in [0.4, 0.5) is 0 Å². The van der Waals surface area contributed by atoms with Crippen LogP contribution in [-0.2, 0) is 21.2 Å². The van der Waals surface area contributed by atoms with Crippen molar-refractivity contribution in [2.45, 2.75) is 31.3 Å². The van der Waals surface area contributed by atoms with E-state index in [0.29, 0.717) is 6.42 Å². The molecule has 1 fully saturated rings. The average Bonchev–Trinajstić information content (AvgIpc) is 2.99. The van der Waals surface area contributed by atoms with E-state index in [9.17, 15) is 13.2 Å². The summed E-state index contributed by atoms with van der Waals surface area (Å²) in [7, 11) is -3.66. The standard InChI is InChI=1S/C15H19NO5S/c1-9-7-16(8-13(9)15(17)18)22(19,20)12-3-4-14-11(6-12)5-10(2)21-14/h3-4,6,9-10,13H,5,7-8H2,1-2H3,(H,17,18)/t9-,10?,13-/m1/s1. The van der Waals surface area contributed by atoms with Crippen molar-refractivity contribution in [3.05, 3.63) is 23.8 Å². The zero-order chi connectivity index (χ0) is 16.1.